The van der Waals surface area contributed by atoms with E-state index < -0.39 is 0 Å². The van der Waals surface area contributed by atoms with E-state index in [1.807, 2.05) is 49.4 Å². The van der Waals surface area contributed by atoms with Gasteiger partial charge in [0.05, 0.1) is 0 Å². The SMILES string of the molecule is C=C/C=C(\C=C)c1cc(-c2ccccc2)cc(-c2nc(C)nc(-c3cc(-c4ccccc4)cc(-c4ccccc4)c3)n2)c1. The normalized spacial score (nSPS) is 11.2. The van der Waals surface area contributed by atoms with Gasteiger partial charge in [-0.15, -0.1) is 0 Å². The molecule has 43 heavy (non-hydrogen) atoms. The molecule has 3 nitrogen and oxygen atoms in total. The summed E-state index contributed by atoms with van der Waals surface area (Å²) in [5, 5.41) is 0. The molecule has 1 aromatic heterocycles. The Hall–Kier alpha value is -5.67. The van der Waals surface area contributed by atoms with Crippen LogP contribution < -0.4 is 0 Å². The number of rotatable bonds is 8. The Bertz CT molecular complexity index is 1880. The van der Waals surface area contributed by atoms with Crippen LogP contribution >= 0.6 is 0 Å². The number of nitrogens with zero attached hydrogens (tertiary/aromatic N) is 3. The van der Waals surface area contributed by atoms with Crippen molar-refractivity contribution in [1.29, 1.82) is 0 Å². The predicted molar refractivity (Wildman–Crippen MR) is 180 cm³/mol. The van der Waals surface area contributed by atoms with E-state index in [1.54, 1.807) is 6.08 Å². The zero-order valence-corrected chi connectivity index (χ0v) is 24.1. The molecule has 3 heteroatoms. The van der Waals surface area contributed by atoms with Gasteiger partial charge in [-0.3, -0.25) is 0 Å². The minimum absolute atomic E-state index is 0.620. The number of hydrogen-bond donors (Lipinski definition) is 0. The highest BCUT2D eigenvalue weighted by Crippen LogP contribution is 2.34. The highest BCUT2D eigenvalue weighted by Gasteiger charge is 2.14. The van der Waals surface area contributed by atoms with Crippen molar-refractivity contribution in [1.82, 2.24) is 15.0 Å². The van der Waals surface area contributed by atoms with E-state index in [4.69, 9.17) is 15.0 Å². The molecule has 206 valence electrons. The maximum Gasteiger partial charge on any atom is 0.163 e. The van der Waals surface area contributed by atoms with E-state index >= 15 is 0 Å². The van der Waals surface area contributed by atoms with E-state index in [9.17, 15) is 0 Å². The summed E-state index contributed by atoms with van der Waals surface area (Å²) in [6, 6.07) is 44.1. The van der Waals surface area contributed by atoms with E-state index in [-0.39, 0.29) is 0 Å². The minimum Gasteiger partial charge on any atom is -0.213 e. The third-order valence-electron chi connectivity index (χ3n) is 7.30. The van der Waals surface area contributed by atoms with Crippen LogP contribution in [0, 0.1) is 6.92 Å². The second kappa shape index (κ2) is 12.5. The minimum atomic E-state index is 0.620. The molecule has 0 aliphatic carbocycles. The maximum absolute atomic E-state index is 5.06. The molecular formula is C40H31N3. The molecule has 0 atom stereocenters. The molecular weight excluding hydrogens is 522 g/mol. The molecule has 1 heterocycles. The van der Waals surface area contributed by atoms with Crippen molar-refractivity contribution in [3.63, 3.8) is 0 Å². The molecule has 0 saturated heterocycles. The van der Waals surface area contributed by atoms with Gasteiger partial charge in [0.15, 0.2) is 11.6 Å². The van der Waals surface area contributed by atoms with Crippen LogP contribution in [0.1, 0.15) is 11.4 Å². The summed E-state index contributed by atoms with van der Waals surface area (Å²) in [7, 11) is 0. The average molecular weight is 554 g/mol. The van der Waals surface area contributed by atoms with Gasteiger partial charge in [-0.25, -0.2) is 15.0 Å². The molecule has 0 bridgehead atoms. The Labute approximate surface area is 253 Å². The first-order chi connectivity index (χ1) is 21.1. The van der Waals surface area contributed by atoms with Crippen molar-refractivity contribution in [2.45, 2.75) is 6.92 Å². The summed E-state index contributed by atoms with van der Waals surface area (Å²) in [6.07, 6.45) is 5.59. The maximum atomic E-state index is 5.06. The number of allylic oxidation sites excluding steroid dienone is 4. The lowest BCUT2D eigenvalue weighted by molar-refractivity contribution is 0.992. The molecule has 0 spiro atoms. The van der Waals surface area contributed by atoms with Gasteiger partial charge in [0.1, 0.15) is 5.82 Å². The predicted octanol–water partition coefficient (Wildman–Crippen LogP) is 10.3. The van der Waals surface area contributed by atoms with Gasteiger partial charge in [-0.1, -0.05) is 122 Å². The van der Waals surface area contributed by atoms with Crippen molar-refractivity contribution in [2.24, 2.45) is 0 Å². The number of hydrogen-bond acceptors (Lipinski definition) is 3. The van der Waals surface area contributed by atoms with Crippen molar-refractivity contribution in [3.8, 4) is 56.2 Å². The van der Waals surface area contributed by atoms with Gasteiger partial charge in [-0.05, 0) is 87.8 Å². The first kappa shape index (κ1) is 27.5. The molecule has 0 amide bonds. The second-order valence-corrected chi connectivity index (χ2v) is 10.3. The average Bonchev–Trinajstić information content (AvgIpc) is 3.07. The van der Waals surface area contributed by atoms with Gasteiger partial charge in [0, 0.05) is 11.1 Å². The highest BCUT2D eigenvalue weighted by atomic mass is 15.0. The van der Waals surface area contributed by atoms with Crippen LogP contribution in [0.2, 0.25) is 0 Å². The Morgan fingerprint density at radius 3 is 1.33 bits per heavy atom. The fraction of sp³-hybridized carbons (Fsp3) is 0.0250. The van der Waals surface area contributed by atoms with Crippen LogP contribution in [0.15, 0.2) is 159 Å². The fourth-order valence-corrected chi connectivity index (χ4v) is 5.22. The number of aryl methyl sites for hydroxylation is 1. The van der Waals surface area contributed by atoms with Gasteiger partial charge in [0.25, 0.3) is 0 Å². The lowest BCUT2D eigenvalue weighted by Crippen LogP contribution is -2.01. The highest BCUT2D eigenvalue weighted by molar-refractivity contribution is 5.83. The Morgan fingerprint density at radius 1 is 0.488 bits per heavy atom. The van der Waals surface area contributed by atoms with Gasteiger partial charge >= 0.3 is 0 Å². The van der Waals surface area contributed by atoms with Crippen LogP contribution in [0.25, 0.3) is 61.7 Å². The van der Waals surface area contributed by atoms with Gasteiger partial charge < -0.3 is 0 Å². The number of benzene rings is 5. The monoisotopic (exact) mass is 553 g/mol. The standard InChI is InChI=1S/C40H31N3/c1-4-15-29(5-2)33-22-34(30-16-9-6-10-17-30)25-37(24-33)39-41-28(3)42-40(43-39)38-26-35(31-18-11-7-12-19-31)23-36(27-38)32-20-13-8-14-21-32/h4-27H,1-2H2,3H3/b29-15+. The molecule has 0 aliphatic rings. The third kappa shape index (κ3) is 6.17. The molecule has 0 radical (unpaired) electrons. The van der Waals surface area contributed by atoms with Crippen LogP contribution in [0.5, 0.6) is 0 Å². The molecule has 5 aromatic carbocycles. The van der Waals surface area contributed by atoms with Crippen LogP contribution in [0.3, 0.4) is 0 Å². The Balaban J connectivity index is 1.53. The van der Waals surface area contributed by atoms with Crippen molar-refractivity contribution in [3.05, 3.63) is 170 Å². The molecule has 0 fully saturated rings. The fourth-order valence-electron chi connectivity index (χ4n) is 5.22. The molecule has 6 aromatic rings. The first-order valence-electron chi connectivity index (χ1n) is 14.3. The van der Waals surface area contributed by atoms with Crippen LogP contribution in [0.4, 0.5) is 0 Å². The molecule has 6 rings (SSSR count). The number of aromatic nitrogens is 3. The van der Waals surface area contributed by atoms with Crippen LogP contribution in [-0.2, 0) is 0 Å². The second-order valence-electron chi connectivity index (χ2n) is 10.3. The van der Waals surface area contributed by atoms with E-state index in [0.29, 0.717) is 17.5 Å². The Morgan fingerprint density at radius 2 is 0.884 bits per heavy atom. The summed E-state index contributed by atoms with van der Waals surface area (Å²) in [6.45, 7) is 9.85. The summed E-state index contributed by atoms with van der Waals surface area (Å²) < 4.78 is 0. The van der Waals surface area contributed by atoms with Crippen molar-refractivity contribution < 1.29 is 0 Å². The first-order valence-corrected chi connectivity index (χ1v) is 14.3. The molecule has 0 unspecified atom stereocenters. The van der Waals surface area contributed by atoms with Crippen LogP contribution in [-0.4, -0.2) is 15.0 Å². The topological polar surface area (TPSA) is 38.7 Å². The summed E-state index contributed by atoms with van der Waals surface area (Å²) in [5.41, 5.74) is 10.5. The molecule has 0 N–H and O–H groups in total. The molecule has 0 aliphatic heterocycles. The van der Waals surface area contributed by atoms with E-state index in [1.165, 1.54) is 0 Å². The van der Waals surface area contributed by atoms with Crippen molar-refractivity contribution in [2.75, 3.05) is 0 Å². The largest absolute Gasteiger partial charge is 0.213 e. The summed E-state index contributed by atoms with van der Waals surface area (Å²) >= 11 is 0. The van der Waals surface area contributed by atoms with Crippen molar-refractivity contribution >= 4 is 5.57 Å². The van der Waals surface area contributed by atoms with E-state index in [0.717, 1.165) is 55.6 Å². The Kier molecular flexibility index (Phi) is 7.97. The zero-order valence-electron chi connectivity index (χ0n) is 24.1. The van der Waals surface area contributed by atoms with Gasteiger partial charge in [0.2, 0.25) is 0 Å². The summed E-state index contributed by atoms with van der Waals surface area (Å²) in [4.78, 5) is 14.7. The molecule has 0 saturated carbocycles. The third-order valence-corrected chi connectivity index (χ3v) is 7.30. The lowest BCUT2D eigenvalue weighted by atomic mass is 9.95. The van der Waals surface area contributed by atoms with Gasteiger partial charge in [-0.2, -0.15) is 0 Å². The smallest absolute Gasteiger partial charge is 0.163 e. The quantitative estimate of drug-likeness (QED) is 0.176. The van der Waals surface area contributed by atoms with E-state index in [2.05, 4.69) is 110 Å². The lowest BCUT2D eigenvalue weighted by Gasteiger charge is -2.13. The summed E-state index contributed by atoms with van der Waals surface area (Å²) in [5.74, 6) is 1.91. The zero-order chi connectivity index (χ0) is 29.6.